The van der Waals surface area contributed by atoms with Crippen LogP contribution < -0.4 is 5.32 Å². The molecular formula is C11H8IN3O. The molecule has 0 aliphatic heterocycles. The summed E-state index contributed by atoms with van der Waals surface area (Å²) in [6, 6.07) is 7.39. The van der Waals surface area contributed by atoms with Gasteiger partial charge in [-0.3, -0.25) is 4.79 Å². The lowest BCUT2D eigenvalue weighted by Gasteiger charge is -2.05. The summed E-state index contributed by atoms with van der Waals surface area (Å²) in [7, 11) is 0. The molecule has 0 atom stereocenters. The number of hydrogen-bond acceptors (Lipinski definition) is 3. The Bertz CT molecular complexity index is 502. The standard InChI is InChI=1S/C11H8IN3O/c12-10-4-2-1-3-9(10)11(16)15-8-5-13-7-14-6-8/h1-7H,(H,15,16). The Morgan fingerprint density at radius 2 is 1.88 bits per heavy atom. The predicted molar refractivity (Wildman–Crippen MR) is 69.1 cm³/mol. The lowest BCUT2D eigenvalue weighted by Crippen LogP contribution is -2.13. The molecule has 2 rings (SSSR count). The Kier molecular flexibility index (Phi) is 3.45. The van der Waals surface area contributed by atoms with Gasteiger partial charge in [-0.15, -0.1) is 0 Å². The van der Waals surface area contributed by atoms with E-state index in [2.05, 4.69) is 37.9 Å². The number of nitrogens with zero attached hydrogens (tertiary/aromatic N) is 2. The Morgan fingerprint density at radius 3 is 2.56 bits per heavy atom. The summed E-state index contributed by atoms with van der Waals surface area (Å²) in [6.07, 6.45) is 4.53. The molecule has 0 radical (unpaired) electrons. The summed E-state index contributed by atoms with van der Waals surface area (Å²) < 4.78 is 0.912. The van der Waals surface area contributed by atoms with E-state index in [1.165, 1.54) is 6.33 Å². The van der Waals surface area contributed by atoms with Crippen LogP contribution in [-0.4, -0.2) is 15.9 Å². The molecular weight excluding hydrogens is 317 g/mol. The van der Waals surface area contributed by atoms with Gasteiger partial charge < -0.3 is 5.32 Å². The zero-order valence-electron chi connectivity index (χ0n) is 8.22. The zero-order chi connectivity index (χ0) is 11.4. The lowest BCUT2D eigenvalue weighted by atomic mass is 10.2. The topological polar surface area (TPSA) is 54.9 Å². The van der Waals surface area contributed by atoms with Crippen LogP contribution >= 0.6 is 22.6 Å². The number of halogens is 1. The molecule has 0 fully saturated rings. The highest BCUT2D eigenvalue weighted by Gasteiger charge is 2.08. The molecule has 1 heterocycles. The van der Waals surface area contributed by atoms with Crippen LogP contribution in [0.15, 0.2) is 43.0 Å². The van der Waals surface area contributed by atoms with Gasteiger partial charge in [-0.05, 0) is 34.7 Å². The van der Waals surface area contributed by atoms with E-state index in [1.807, 2.05) is 18.2 Å². The summed E-state index contributed by atoms with van der Waals surface area (Å²) in [5, 5.41) is 2.73. The van der Waals surface area contributed by atoms with E-state index in [1.54, 1.807) is 18.5 Å². The fourth-order valence-electron chi connectivity index (χ4n) is 1.21. The van der Waals surface area contributed by atoms with Crippen LogP contribution in [0.4, 0.5) is 5.69 Å². The predicted octanol–water partition coefficient (Wildman–Crippen LogP) is 2.33. The van der Waals surface area contributed by atoms with Gasteiger partial charge in [0.2, 0.25) is 0 Å². The Hall–Kier alpha value is -1.50. The number of anilines is 1. The van der Waals surface area contributed by atoms with E-state index in [0.717, 1.165) is 3.57 Å². The second kappa shape index (κ2) is 5.02. The van der Waals surface area contributed by atoms with Crippen molar-refractivity contribution in [3.8, 4) is 0 Å². The first-order valence-corrected chi connectivity index (χ1v) is 5.66. The summed E-state index contributed by atoms with van der Waals surface area (Å²) >= 11 is 2.13. The van der Waals surface area contributed by atoms with Gasteiger partial charge in [0.1, 0.15) is 6.33 Å². The number of aromatic nitrogens is 2. The summed E-state index contributed by atoms with van der Waals surface area (Å²) in [5.74, 6) is -0.153. The molecule has 2 aromatic rings. The normalized spacial score (nSPS) is 9.81. The maximum absolute atomic E-state index is 11.9. The van der Waals surface area contributed by atoms with E-state index >= 15 is 0 Å². The highest BCUT2D eigenvalue weighted by atomic mass is 127. The highest BCUT2D eigenvalue weighted by Crippen LogP contribution is 2.13. The van der Waals surface area contributed by atoms with Crippen LogP contribution in [0.3, 0.4) is 0 Å². The van der Waals surface area contributed by atoms with E-state index in [-0.39, 0.29) is 5.91 Å². The Labute approximate surface area is 106 Å². The number of rotatable bonds is 2. The van der Waals surface area contributed by atoms with Crippen LogP contribution in [0.1, 0.15) is 10.4 Å². The number of benzene rings is 1. The molecule has 0 bridgehead atoms. The molecule has 1 aromatic carbocycles. The Morgan fingerprint density at radius 1 is 1.19 bits per heavy atom. The van der Waals surface area contributed by atoms with Crippen LogP contribution in [0, 0.1) is 3.57 Å². The van der Waals surface area contributed by atoms with Crippen molar-refractivity contribution in [2.45, 2.75) is 0 Å². The van der Waals surface area contributed by atoms with Crippen LogP contribution in [0.2, 0.25) is 0 Å². The quantitative estimate of drug-likeness (QED) is 0.863. The third-order valence-electron chi connectivity index (χ3n) is 1.94. The average molecular weight is 325 g/mol. The van der Waals surface area contributed by atoms with Crippen molar-refractivity contribution in [1.82, 2.24) is 9.97 Å². The molecule has 1 aromatic heterocycles. The first-order valence-electron chi connectivity index (χ1n) is 4.58. The molecule has 0 unspecified atom stereocenters. The molecule has 0 aliphatic rings. The second-order valence-corrected chi connectivity index (χ2v) is 4.22. The lowest BCUT2D eigenvalue weighted by molar-refractivity contribution is 0.102. The molecule has 80 valence electrons. The number of carbonyl (C=O) groups is 1. The smallest absolute Gasteiger partial charge is 0.256 e. The van der Waals surface area contributed by atoms with Gasteiger partial charge >= 0.3 is 0 Å². The van der Waals surface area contributed by atoms with Crippen molar-refractivity contribution in [3.05, 3.63) is 52.1 Å². The largest absolute Gasteiger partial charge is 0.319 e. The minimum atomic E-state index is -0.153. The molecule has 5 heteroatoms. The third-order valence-corrected chi connectivity index (χ3v) is 2.88. The third kappa shape index (κ3) is 2.54. The van der Waals surface area contributed by atoms with Gasteiger partial charge in [-0.2, -0.15) is 0 Å². The molecule has 0 saturated heterocycles. The molecule has 0 spiro atoms. The number of amides is 1. The minimum absolute atomic E-state index is 0.153. The molecule has 0 aliphatic carbocycles. The molecule has 4 nitrogen and oxygen atoms in total. The monoisotopic (exact) mass is 325 g/mol. The van der Waals surface area contributed by atoms with Crippen molar-refractivity contribution in [1.29, 1.82) is 0 Å². The van der Waals surface area contributed by atoms with Crippen molar-refractivity contribution in [2.75, 3.05) is 5.32 Å². The average Bonchev–Trinajstić information content (AvgIpc) is 2.31. The van der Waals surface area contributed by atoms with Gasteiger partial charge in [-0.1, -0.05) is 12.1 Å². The van der Waals surface area contributed by atoms with Crippen molar-refractivity contribution >= 4 is 34.2 Å². The summed E-state index contributed by atoms with van der Waals surface area (Å²) in [6.45, 7) is 0. The highest BCUT2D eigenvalue weighted by molar-refractivity contribution is 14.1. The van der Waals surface area contributed by atoms with Gasteiger partial charge in [0, 0.05) is 3.57 Å². The first kappa shape index (κ1) is 11.0. The van der Waals surface area contributed by atoms with Gasteiger partial charge in [0.25, 0.3) is 5.91 Å². The molecule has 1 amide bonds. The maximum Gasteiger partial charge on any atom is 0.256 e. The van der Waals surface area contributed by atoms with Crippen LogP contribution in [0.25, 0.3) is 0 Å². The van der Waals surface area contributed by atoms with Crippen LogP contribution in [-0.2, 0) is 0 Å². The van der Waals surface area contributed by atoms with Gasteiger partial charge in [-0.25, -0.2) is 9.97 Å². The summed E-state index contributed by atoms with van der Waals surface area (Å²) in [4.78, 5) is 19.5. The fourth-order valence-corrected chi connectivity index (χ4v) is 1.84. The van der Waals surface area contributed by atoms with Crippen molar-refractivity contribution in [2.24, 2.45) is 0 Å². The number of hydrogen-bond donors (Lipinski definition) is 1. The fraction of sp³-hybridized carbons (Fsp3) is 0. The van der Waals surface area contributed by atoms with Gasteiger partial charge in [0.05, 0.1) is 23.6 Å². The first-order chi connectivity index (χ1) is 7.77. The van der Waals surface area contributed by atoms with E-state index in [9.17, 15) is 4.79 Å². The van der Waals surface area contributed by atoms with E-state index in [0.29, 0.717) is 11.3 Å². The Balaban J connectivity index is 2.19. The number of nitrogens with one attached hydrogen (secondary N) is 1. The molecule has 1 N–H and O–H groups in total. The minimum Gasteiger partial charge on any atom is -0.319 e. The maximum atomic E-state index is 11.9. The van der Waals surface area contributed by atoms with E-state index in [4.69, 9.17) is 0 Å². The van der Waals surface area contributed by atoms with E-state index < -0.39 is 0 Å². The van der Waals surface area contributed by atoms with Gasteiger partial charge in [0.15, 0.2) is 0 Å². The SMILES string of the molecule is O=C(Nc1cncnc1)c1ccccc1I. The number of carbonyl (C=O) groups excluding carboxylic acids is 1. The second-order valence-electron chi connectivity index (χ2n) is 3.06. The van der Waals surface area contributed by atoms with Crippen molar-refractivity contribution in [3.63, 3.8) is 0 Å². The summed E-state index contributed by atoms with van der Waals surface area (Å²) in [5.41, 5.74) is 1.24. The molecule has 16 heavy (non-hydrogen) atoms. The zero-order valence-corrected chi connectivity index (χ0v) is 10.4. The van der Waals surface area contributed by atoms with Crippen molar-refractivity contribution < 1.29 is 4.79 Å². The molecule has 0 saturated carbocycles. The van der Waals surface area contributed by atoms with Crippen LogP contribution in [0.5, 0.6) is 0 Å².